The summed E-state index contributed by atoms with van der Waals surface area (Å²) in [6.07, 6.45) is 2.27. The van der Waals surface area contributed by atoms with E-state index in [1.165, 1.54) is 4.70 Å². The van der Waals surface area contributed by atoms with E-state index >= 15 is 0 Å². The van der Waals surface area contributed by atoms with Gasteiger partial charge < -0.3 is 10.1 Å². The van der Waals surface area contributed by atoms with Crippen LogP contribution in [0, 0.1) is 0 Å². The van der Waals surface area contributed by atoms with Gasteiger partial charge in [-0.25, -0.2) is 4.98 Å². The van der Waals surface area contributed by atoms with Crippen molar-refractivity contribution in [3.8, 4) is 0 Å². The van der Waals surface area contributed by atoms with E-state index in [-0.39, 0.29) is 5.91 Å². The number of hydrogen-bond acceptors (Lipinski definition) is 5. The molecule has 1 atom stereocenters. The molecule has 6 heteroatoms. The van der Waals surface area contributed by atoms with Crippen molar-refractivity contribution < 1.29 is 9.53 Å². The van der Waals surface area contributed by atoms with Crippen LogP contribution in [0.5, 0.6) is 0 Å². The highest BCUT2D eigenvalue weighted by atomic mass is 32.1. The Kier molecular flexibility index (Phi) is 6.18. The Morgan fingerprint density at radius 2 is 2.17 bits per heavy atom. The highest BCUT2D eigenvalue weighted by Crippen LogP contribution is 2.22. The van der Waals surface area contributed by atoms with Gasteiger partial charge in [0.1, 0.15) is 0 Å². The summed E-state index contributed by atoms with van der Waals surface area (Å²) in [6.45, 7) is 6.36. The molecular formula is C18H25N3O2S. The number of para-hydroxylation sites is 1. The lowest BCUT2D eigenvalue weighted by Crippen LogP contribution is -2.47. The van der Waals surface area contributed by atoms with Crippen LogP contribution in [0.3, 0.4) is 0 Å². The maximum Gasteiger partial charge on any atom is 0.220 e. The van der Waals surface area contributed by atoms with Crippen molar-refractivity contribution in [2.75, 3.05) is 32.8 Å². The maximum atomic E-state index is 12.0. The minimum atomic E-state index is 0.135. The fraction of sp³-hybridized carbons (Fsp3) is 0.556. The Bertz CT molecular complexity index is 634. The third kappa shape index (κ3) is 4.75. The van der Waals surface area contributed by atoms with E-state index in [2.05, 4.69) is 28.2 Å². The molecule has 1 aliphatic heterocycles. The molecule has 2 heterocycles. The molecule has 0 radical (unpaired) electrons. The van der Waals surface area contributed by atoms with Gasteiger partial charge in [-0.2, -0.15) is 0 Å². The first-order chi connectivity index (χ1) is 11.7. The van der Waals surface area contributed by atoms with Crippen LogP contribution in [-0.2, 0) is 16.0 Å². The second-order valence-corrected chi connectivity index (χ2v) is 7.35. The van der Waals surface area contributed by atoms with E-state index in [1.807, 2.05) is 18.2 Å². The number of nitrogens with one attached hydrogen (secondary N) is 1. The summed E-state index contributed by atoms with van der Waals surface area (Å²) in [7, 11) is 0. The Morgan fingerprint density at radius 3 is 2.96 bits per heavy atom. The number of carbonyl (C=O) groups is 1. The van der Waals surface area contributed by atoms with E-state index in [4.69, 9.17) is 4.74 Å². The molecular weight excluding hydrogens is 322 g/mol. The molecule has 1 fully saturated rings. The summed E-state index contributed by atoms with van der Waals surface area (Å²) in [5.41, 5.74) is 1.06. The summed E-state index contributed by atoms with van der Waals surface area (Å²) in [5, 5.41) is 4.17. The lowest BCUT2D eigenvalue weighted by molar-refractivity contribution is -0.121. The van der Waals surface area contributed by atoms with E-state index in [9.17, 15) is 4.79 Å². The average molecular weight is 347 g/mol. The lowest BCUT2D eigenvalue weighted by atomic mass is 10.2. The van der Waals surface area contributed by atoms with Crippen LogP contribution in [-0.4, -0.2) is 54.7 Å². The van der Waals surface area contributed by atoms with Gasteiger partial charge >= 0.3 is 0 Å². The fourth-order valence-electron chi connectivity index (χ4n) is 2.92. The first-order valence-corrected chi connectivity index (χ1v) is 9.47. The van der Waals surface area contributed by atoms with Gasteiger partial charge in [0.05, 0.1) is 28.4 Å². The molecule has 1 amide bonds. The number of benzene rings is 1. The summed E-state index contributed by atoms with van der Waals surface area (Å²) in [6, 6.07) is 8.54. The monoisotopic (exact) mass is 347 g/mol. The minimum Gasteiger partial charge on any atom is -0.379 e. The zero-order valence-electron chi connectivity index (χ0n) is 14.2. The number of thiazole rings is 1. The predicted molar refractivity (Wildman–Crippen MR) is 97.4 cm³/mol. The molecule has 0 spiro atoms. The Balaban J connectivity index is 1.36. The Morgan fingerprint density at radius 1 is 1.38 bits per heavy atom. The molecule has 0 unspecified atom stereocenters. The molecule has 0 saturated carbocycles. The number of ether oxygens (including phenoxy) is 1. The number of fused-ring (bicyclic) bond motifs is 1. The topological polar surface area (TPSA) is 54.5 Å². The largest absolute Gasteiger partial charge is 0.379 e. The molecule has 5 nitrogen and oxygen atoms in total. The Labute approximate surface area is 147 Å². The van der Waals surface area contributed by atoms with Crippen molar-refractivity contribution in [2.45, 2.75) is 32.2 Å². The second-order valence-electron chi connectivity index (χ2n) is 6.23. The zero-order chi connectivity index (χ0) is 16.8. The number of morpholine rings is 1. The van der Waals surface area contributed by atoms with Crippen molar-refractivity contribution in [3.05, 3.63) is 29.3 Å². The van der Waals surface area contributed by atoms with Crippen LogP contribution >= 0.6 is 11.3 Å². The summed E-state index contributed by atoms with van der Waals surface area (Å²) >= 11 is 1.72. The molecule has 1 saturated heterocycles. The van der Waals surface area contributed by atoms with E-state index in [1.54, 1.807) is 11.3 Å². The van der Waals surface area contributed by atoms with Gasteiger partial charge in [-0.15, -0.1) is 11.3 Å². The zero-order valence-corrected chi connectivity index (χ0v) is 15.0. The van der Waals surface area contributed by atoms with Crippen LogP contribution in [0.15, 0.2) is 24.3 Å². The number of rotatable bonds is 7. The van der Waals surface area contributed by atoms with Crippen molar-refractivity contribution in [1.82, 2.24) is 15.2 Å². The molecule has 24 heavy (non-hydrogen) atoms. The van der Waals surface area contributed by atoms with Crippen molar-refractivity contribution in [1.29, 1.82) is 0 Å². The third-order valence-electron chi connectivity index (χ3n) is 4.40. The molecule has 1 aromatic carbocycles. The smallest absolute Gasteiger partial charge is 0.220 e. The maximum absolute atomic E-state index is 12.0. The number of aryl methyl sites for hydroxylation is 1. The van der Waals surface area contributed by atoms with Crippen molar-refractivity contribution in [3.63, 3.8) is 0 Å². The molecule has 2 aromatic rings. The third-order valence-corrected chi connectivity index (χ3v) is 5.49. The molecule has 130 valence electrons. The van der Waals surface area contributed by atoms with Gasteiger partial charge in [0, 0.05) is 32.1 Å². The van der Waals surface area contributed by atoms with Crippen LogP contribution in [0.2, 0.25) is 0 Å². The number of aromatic nitrogens is 1. The summed E-state index contributed by atoms with van der Waals surface area (Å²) in [4.78, 5) is 19.0. The van der Waals surface area contributed by atoms with E-state index in [0.717, 1.165) is 49.7 Å². The SMILES string of the molecule is C[C@H](CNC(=O)CCCc1nc2ccccc2s1)N1CCOCC1. The first kappa shape index (κ1) is 17.3. The van der Waals surface area contributed by atoms with Gasteiger partial charge in [0.15, 0.2) is 0 Å². The van der Waals surface area contributed by atoms with Gasteiger partial charge in [0.2, 0.25) is 5.91 Å². The Hall–Kier alpha value is -1.50. The molecule has 3 rings (SSSR count). The van der Waals surface area contributed by atoms with Crippen LogP contribution in [0.25, 0.3) is 10.2 Å². The fourth-order valence-corrected chi connectivity index (χ4v) is 3.93. The lowest BCUT2D eigenvalue weighted by Gasteiger charge is -2.32. The number of amides is 1. The molecule has 1 aliphatic rings. The number of hydrogen-bond donors (Lipinski definition) is 1. The predicted octanol–water partition coefficient (Wildman–Crippen LogP) is 2.46. The van der Waals surface area contributed by atoms with Crippen LogP contribution < -0.4 is 5.32 Å². The van der Waals surface area contributed by atoms with Gasteiger partial charge in [-0.05, 0) is 31.9 Å². The summed E-state index contributed by atoms with van der Waals surface area (Å²) in [5.74, 6) is 0.135. The van der Waals surface area contributed by atoms with E-state index < -0.39 is 0 Å². The molecule has 1 N–H and O–H groups in total. The highest BCUT2D eigenvalue weighted by molar-refractivity contribution is 7.18. The van der Waals surface area contributed by atoms with Crippen molar-refractivity contribution in [2.24, 2.45) is 0 Å². The first-order valence-electron chi connectivity index (χ1n) is 8.65. The van der Waals surface area contributed by atoms with Gasteiger partial charge in [-0.3, -0.25) is 9.69 Å². The standard InChI is InChI=1S/C18H25N3O2S/c1-14(21-9-11-23-12-10-21)13-19-17(22)7-4-8-18-20-15-5-2-3-6-16(15)24-18/h2-3,5-6,14H,4,7-13H2,1H3,(H,19,22)/t14-/m1/s1. The van der Waals surface area contributed by atoms with Crippen LogP contribution in [0.1, 0.15) is 24.8 Å². The number of nitrogens with zero attached hydrogens (tertiary/aromatic N) is 2. The minimum absolute atomic E-state index is 0.135. The van der Waals surface area contributed by atoms with Crippen LogP contribution in [0.4, 0.5) is 0 Å². The molecule has 0 aliphatic carbocycles. The molecule has 0 bridgehead atoms. The van der Waals surface area contributed by atoms with E-state index in [0.29, 0.717) is 19.0 Å². The van der Waals surface area contributed by atoms with Crippen molar-refractivity contribution >= 4 is 27.5 Å². The average Bonchev–Trinajstić information content (AvgIpc) is 3.03. The van der Waals surface area contributed by atoms with Gasteiger partial charge in [0.25, 0.3) is 0 Å². The highest BCUT2D eigenvalue weighted by Gasteiger charge is 2.17. The quantitative estimate of drug-likeness (QED) is 0.836. The second kappa shape index (κ2) is 8.55. The summed E-state index contributed by atoms with van der Waals surface area (Å²) < 4.78 is 6.58. The molecule has 1 aromatic heterocycles. The number of carbonyl (C=O) groups excluding carboxylic acids is 1. The normalized spacial score (nSPS) is 17.0. The van der Waals surface area contributed by atoms with Gasteiger partial charge in [-0.1, -0.05) is 12.1 Å².